The molecule has 0 spiro atoms. The summed E-state index contributed by atoms with van der Waals surface area (Å²) in [7, 11) is 0. The highest BCUT2D eigenvalue weighted by Crippen LogP contribution is 2.08. The van der Waals surface area contributed by atoms with Gasteiger partial charge in [0.2, 0.25) is 5.89 Å². The summed E-state index contributed by atoms with van der Waals surface area (Å²) in [5.74, 6) is 0.971. The van der Waals surface area contributed by atoms with Gasteiger partial charge in [-0.2, -0.15) is 4.98 Å². The van der Waals surface area contributed by atoms with Crippen molar-refractivity contribution in [1.29, 1.82) is 0 Å². The highest BCUT2D eigenvalue weighted by molar-refractivity contribution is 5.73. The number of aromatic amines is 1. The molecule has 7 nitrogen and oxygen atoms in total. The van der Waals surface area contributed by atoms with Crippen molar-refractivity contribution in [3.05, 3.63) is 76.6 Å². The van der Waals surface area contributed by atoms with E-state index in [1.165, 1.54) is 10.9 Å². The molecule has 7 heteroatoms. The maximum absolute atomic E-state index is 12.3. The molecule has 0 unspecified atom stereocenters. The number of nitrogens with one attached hydrogen (secondary N) is 1. The minimum Gasteiger partial charge on any atom is -0.355 e. The molecule has 0 aliphatic rings. The van der Waals surface area contributed by atoms with E-state index in [2.05, 4.69) is 20.1 Å². The predicted octanol–water partition coefficient (Wildman–Crippen LogP) is 1.75. The standard InChI is InChI=1S/C16H13N5O2/c22-16-15-12(6-7-17-15)18-10-21(16)9-14-19-13(20-23-14)8-11-4-2-1-3-5-11/h1-7,10,17H,8-9H2. The van der Waals surface area contributed by atoms with Gasteiger partial charge in [0.15, 0.2) is 5.82 Å². The minimum atomic E-state index is -0.164. The van der Waals surface area contributed by atoms with Crippen LogP contribution in [0.3, 0.4) is 0 Å². The van der Waals surface area contributed by atoms with Crippen LogP contribution >= 0.6 is 0 Å². The first-order chi connectivity index (χ1) is 11.3. The first-order valence-electron chi connectivity index (χ1n) is 7.17. The Kier molecular flexibility index (Phi) is 3.23. The molecule has 114 valence electrons. The molecule has 0 saturated heterocycles. The third-order valence-corrected chi connectivity index (χ3v) is 3.56. The lowest BCUT2D eigenvalue weighted by atomic mass is 10.1. The van der Waals surface area contributed by atoms with Gasteiger partial charge in [-0.15, -0.1) is 0 Å². The normalized spacial score (nSPS) is 11.1. The lowest BCUT2D eigenvalue weighted by molar-refractivity contribution is 0.365. The van der Waals surface area contributed by atoms with E-state index in [0.717, 1.165) is 5.56 Å². The van der Waals surface area contributed by atoms with E-state index in [0.29, 0.717) is 29.2 Å². The lowest BCUT2D eigenvalue weighted by Gasteiger charge is -2.00. The Morgan fingerprint density at radius 1 is 1.17 bits per heavy atom. The minimum absolute atomic E-state index is 0.164. The maximum Gasteiger partial charge on any atom is 0.278 e. The quantitative estimate of drug-likeness (QED) is 0.620. The molecule has 1 aromatic carbocycles. The Morgan fingerprint density at radius 2 is 2.04 bits per heavy atom. The van der Waals surface area contributed by atoms with Gasteiger partial charge in [0.05, 0.1) is 11.8 Å². The number of rotatable bonds is 4. The maximum atomic E-state index is 12.3. The molecule has 1 N–H and O–H groups in total. The number of aromatic nitrogens is 5. The van der Waals surface area contributed by atoms with Gasteiger partial charge in [-0.1, -0.05) is 35.5 Å². The van der Waals surface area contributed by atoms with E-state index in [4.69, 9.17) is 4.52 Å². The van der Waals surface area contributed by atoms with Gasteiger partial charge in [0.25, 0.3) is 5.56 Å². The average Bonchev–Trinajstić information content (AvgIpc) is 3.21. The molecule has 0 amide bonds. The summed E-state index contributed by atoms with van der Waals surface area (Å²) in [4.78, 5) is 23.7. The molecule has 0 aliphatic carbocycles. The monoisotopic (exact) mass is 307 g/mol. The smallest absolute Gasteiger partial charge is 0.278 e. The highest BCUT2D eigenvalue weighted by Gasteiger charge is 2.10. The van der Waals surface area contributed by atoms with E-state index < -0.39 is 0 Å². The summed E-state index contributed by atoms with van der Waals surface area (Å²) in [6.07, 6.45) is 3.76. The average molecular weight is 307 g/mol. The van der Waals surface area contributed by atoms with Crippen molar-refractivity contribution >= 4 is 11.0 Å². The summed E-state index contributed by atoms with van der Waals surface area (Å²) in [5, 5.41) is 3.96. The number of hydrogen-bond donors (Lipinski definition) is 1. The summed E-state index contributed by atoms with van der Waals surface area (Å²) in [6.45, 7) is 0.197. The van der Waals surface area contributed by atoms with Crippen LogP contribution in [0.4, 0.5) is 0 Å². The fourth-order valence-corrected chi connectivity index (χ4v) is 2.43. The van der Waals surface area contributed by atoms with E-state index in [1.54, 1.807) is 12.3 Å². The van der Waals surface area contributed by atoms with Crippen LogP contribution in [-0.4, -0.2) is 24.7 Å². The third-order valence-electron chi connectivity index (χ3n) is 3.56. The summed E-state index contributed by atoms with van der Waals surface area (Å²) in [5.41, 5.74) is 2.05. The first-order valence-corrected chi connectivity index (χ1v) is 7.17. The zero-order valence-corrected chi connectivity index (χ0v) is 12.1. The highest BCUT2D eigenvalue weighted by atomic mass is 16.5. The molecule has 0 atom stereocenters. The van der Waals surface area contributed by atoms with Gasteiger partial charge in [-0.05, 0) is 11.6 Å². The molecule has 0 bridgehead atoms. The summed E-state index contributed by atoms with van der Waals surface area (Å²) in [6, 6.07) is 11.7. The van der Waals surface area contributed by atoms with E-state index >= 15 is 0 Å². The molecule has 0 aliphatic heterocycles. The van der Waals surface area contributed by atoms with Crippen molar-refractivity contribution < 1.29 is 4.52 Å². The SMILES string of the molecule is O=c1c2[nH]ccc2ncn1Cc1nc(Cc2ccccc2)no1. The fourth-order valence-electron chi connectivity index (χ4n) is 2.43. The van der Waals surface area contributed by atoms with Crippen LogP contribution in [0.5, 0.6) is 0 Å². The Morgan fingerprint density at radius 3 is 2.91 bits per heavy atom. The second-order valence-corrected chi connectivity index (χ2v) is 5.18. The van der Waals surface area contributed by atoms with Gasteiger partial charge in [0.1, 0.15) is 12.1 Å². The van der Waals surface area contributed by atoms with Crippen molar-refractivity contribution in [3.63, 3.8) is 0 Å². The van der Waals surface area contributed by atoms with Gasteiger partial charge in [-0.25, -0.2) is 4.98 Å². The molecule has 4 aromatic rings. The Balaban J connectivity index is 1.57. The molecule has 4 rings (SSSR count). The van der Waals surface area contributed by atoms with E-state index in [1.807, 2.05) is 30.3 Å². The molecule has 0 radical (unpaired) electrons. The second kappa shape index (κ2) is 5.53. The molecular formula is C16H13N5O2. The van der Waals surface area contributed by atoms with Crippen LogP contribution in [0, 0.1) is 0 Å². The van der Waals surface area contributed by atoms with Gasteiger partial charge in [-0.3, -0.25) is 9.36 Å². The summed E-state index contributed by atoms with van der Waals surface area (Å²) < 4.78 is 6.67. The first kappa shape index (κ1) is 13.4. The van der Waals surface area contributed by atoms with Crippen molar-refractivity contribution in [3.8, 4) is 0 Å². The Hall–Kier alpha value is -3.22. The number of hydrogen-bond acceptors (Lipinski definition) is 5. The van der Waals surface area contributed by atoms with Gasteiger partial charge in [0, 0.05) is 12.6 Å². The van der Waals surface area contributed by atoms with Crippen molar-refractivity contribution in [1.82, 2.24) is 24.7 Å². The van der Waals surface area contributed by atoms with E-state index in [-0.39, 0.29) is 12.1 Å². The Bertz CT molecular complexity index is 1000. The molecule has 0 fully saturated rings. The molecule has 0 saturated carbocycles. The van der Waals surface area contributed by atoms with Gasteiger partial charge < -0.3 is 9.51 Å². The van der Waals surface area contributed by atoms with E-state index in [9.17, 15) is 4.79 Å². The number of fused-ring (bicyclic) bond motifs is 1. The molecule has 3 aromatic heterocycles. The molecule has 3 heterocycles. The predicted molar refractivity (Wildman–Crippen MR) is 83.0 cm³/mol. The lowest BCUT2D eigenvalue weighted by Crippen LogP contribution is -2.21. The molecule has 23 heavy (non-hydrogen) atoms. The summed E-state index contributed by atoms with van der Waals surface area (Å²) >= 11 is 0. The molecular weight excluding hydrogens is 294 g/mol. The van der Waals surface area contributed by atoms with Crippen LogP contribution in [0.25, 0.3) is 11.0 Å². The largest absolute Gasteiger partial charge is 0.355 e. The second-order valence-electron chi connectivity index (χ2n) is 5.18. The zero-order valence-electron chi connectivity index (χ0n) is 12.1. The van der Waals surface area contributed by atoms with Crippen molar-refractivity contribution in [2.75, 3.05) is 0 Å². The van der Waals surface area contributed by atoms with Crippen LogP contribution in [-0.2, 0) is 13.0 Å². The van der Waals surface area contributed by atoms with Crippen LogP contribution in [0.15, 0.2) is 58.2 Å². The number of nitrogens with zero attached hydrogens (tertiary/aromatic N) is 4. The third kappa shape index (κ3) is 2.64. The fraction of sp³-hybridized carbons (Fsp3) is 0.125. The van der Waals surface area contributed by atoms with Crippen molar-refractivity contribution in [2.45, 2.75) is 13.0 Å². The Labute approximate surface area is 130 Å². The van der Waals surface area contributed by atoms with Crippen molar-refractivity contribution in [2.24, 2.45) is 0 Å². The van der Waals surface area contributed by atoms with Crippen LogP contribution in [0.2, 0.25) is 0 Å². The number of H-pyrrole nitrogens is 1. The van der Waals surface area contributed by atoms with Crippen LogP contribution < -0.4 is 5.56 Å². The number of benzene rings is 1. The zero-order chi connectivity index (χ0) is 15.6. The van der Waals surface area contributed by atoms with Gasteiger partial charge >= 0.3 is 0 Å². The van der Waals surface area contributed by atoms with Crippen LogP contribution in [0.1, 0.15) is 17.3 Å². The topological polar surface area (TPSA) is 89.6 Å².